The van der Waals surface area contributed by atoms with Crippen molar-refractivity contribution in [3.8, 4) is 10.6 Å². The van der Waals surface area contributed by atoms with E-state index >= 15 is 0 Å². The van der Waals surface area contributed by atoms with E-state index in [1.807, 2.05) is 26.2 Å². The van der Waals surface area contributed by atoms with Crippen LogP contribution >= 0.6 is 23.1 Å². The molecule has 0 bridgehead atoms. The van der Waals surface area contributed by atoms with Crippen LogP contribution in [0, 0.1) is 0 Å². The molecule has 0 fully saturated rings. The van der Waals surface area contributed by atoms with Gasteiger partial charge in [0.25, 0.3) is 0 Å². The molecule has 0 aliphatic heterocycles. The summed E-state index contributed by atoms with van der Waals surface area (Å²) in [5.41, 5.74) is 1.11. The number of esters is 1. The molecule has 0 saturated carbocycles. The third-order valence-corrected chi connectivity index (χ3v) is 4.90. The van der Waals surface area contributed by atoms with Crippen LogP contribution in [0.1, 0.15) is 26.5 Å². The fourth-order valence-corrected chi connectivity index (χ4v) is 3.25. The molecule has 0 N–H and O–H groups in total. The lowest BCUT2D eigenvalue weighted by Crippen LogP contribution is -2.31. The van der Waals surface area contributed by atoms with Crippen molar-refractivity contribution >= 4 is 29.1 Å². The molecular weight excluding hydrogens is 302 g/mol. The van der Waals surface area contributed by atoms with Gasteiger partial charge < -0.3 is 4.74 Å². The molecule has 0 atom stereocenters. The molecular formula is C16H19NO2S2. The zero-order valence-electron chi connectivity index (χ0n) is 12.7. The Bertz CT molecular complexity index is 617. The van der Waals surface area contributed by atoms with E-state index in [9.17, 15) is 4.79 Å². The second-order valence-electron chi connectivity index (χ2n) is 5.11. The summed E-state index contributed by atoms with van der Waals surface area (Å²) in [4.78, 5) is 17.9. The molecule has 0 amide bonds. The van der Waals surface area contributed by atoms with Gasteiger partial charge in [0.2, 0.25) is 0 Å². The minimum Gasteiger partial charge on any atom is -0.465 e. The van der Waals surface area contributed by atoms with Gasteiger partial charge in [-0.25, -0.2) is 4.98 Å². The summed E-state index contributed by atoms with van der Waals surface area (Å²) in [6.45, 7) is 5.89. The fraction of sp³-hybridized carbons (Fsp3) is 0.375. The van der Waals surface area contributed by atoms with E-state index in [0.717, 1.165) is 16.3 Å². The molecule has 2 rings (SSSR count). The van der Waals surface area contributed by atoms with Crippen LogP contribution in [0.3, 0.4) is 0 Å². The summed E-state index contributed by atoms with van der Waals surface area (Å²) in [6, 6.07) is 8.28. The number of aromatic nitrogens is 1. The molecule has 0 unspecified atom stereocenters. The number of benzene rings is 1. The van der Waals surface area contributed by atoms with Crippen molar-refractivity contribution in [2.75, 3.05) is 12.9 Å². The zero-order chi connectivity index (χ0) is 15.5. The largest absolute Gasteiger partial charge is 0.465 e. The molecule has 5 heteroatoms. The molecule has 0 spiro atoms. The Balaban J connectivity index is 2.26. The third-order valence-electron chi connectivity index (χ3n) is 3.27. The molecule has 1 aromatic heterocycles. The molecule has 1 aromatic carbocycles. The predicted octanol–water partition coefficient (Wildman–Crippen LogP) is 4.37. The third kappa shape index (κ3) is 3.47. The lowest BCUT2D eigenvalue weighted by molar-refractivity contribution is -0.148. The van der Waals surface area contributed by atoms with Crippen molar-refractivity contribution in [2.45, 2.75) is 31.1 Å². The van der Waals surface area contributed by atoms with E-state index in [2.05, 4.69) is 35.5 Å². The summed E-state index contributed by atoms with van der Waals surface area (Å²) in [6.07, 6.45) is 2.05. The van der Waals surface area contributed by atoms with E-state index < -0.39 is 5.41 Å². The Morgan fingerprint density at radius 1 is 1.33 bits per heavy atom. The van der Waals surface area contributed by atoms with Crippen molar-refractivity contribution < 1.29 is 9.53 Å². The van der Waals surface area contributed by atoms with E-state index in [1.165, 1.54) is 4.90 Å². The monoisotopic (exact) mass is 321 g/mol. The van der Waals surface area contributed by atoms with Crippen LogP contribution in [0.5, 0.6) is 0 Å². The summed E-state index contributed by atoms with van der Waals surface area (Å²) in [7, 11) is 0. The van der Waals surface area contributed by atoms with Crippen molar-refractivity contribution in [1.29, 1.82) is 0 Å². The van der Waals surface area contributed by atoms with Crippen LogP contribution in [-0.4, -0.2) is 23.8 Å². The SMILES string of the molecule is CCOC(=O)C(C)(C)c1csc(-c2ccc(SC)cc2)n1. The van der Waals surface area contributed by atoms with E-state index in [4.69, 9.17) is 4.74 Å². The molecule has 1 heterocycles. The Morgan fingerprint density at radius 3 is 2.57 bits per heavy atom. The topological polar surface area (TPSA) is 39.2 Å². The molecule has 112 valence electrons. The van der Waals surface area contributed by atoms with Gasteiger partial charge >= 0.3 is 5.97 Å². The van der Waals surface area contributed by atoms with Gasteiger partial charge in [-0.15, -0.1) is 23.1 Å². The van der Waals surface area contributed by atoms with Crippen molar-refractivity contribution in [2.24, 2.45) is 0 Å². The molecule has 3 nitrogen and oxygen atoms in total. The molecule has 0 radical (unpaired) electrons. The van der Waals surface area contributed by atoms with Gasteiger partial charge in [0.15, 0.2) is 0 Å². The summed E-state index contributed by atoms with van der Waals surface area (Å²) in [5.74, 6) is -0.236. The van der Waals surface area contributed by atoms with Gasteiger partial charge in [-0.2, -0.15) is 0 Å². The maximum Gasteiger partial charge on any atom is 0.317 e. The number of nitrogens with zero attached hydrogens (tertiary/aromatic N) is 1. The van der Waals surface area contributed by atoms with Gasteiger partial charge in [-0.1, -0.05) is 12.1 Å². The second-order valence-corrected chi connectivity index (χ2v) is 6.85. The minimum atomic E-state index is -0.718. The van der Waals surface area contributed by atoms with Crippen LogP contribution in [-0.2, 0) is 14.9 Å². The zero-order valence-corrected chi connectivity index (χ0v) is 14.3. The highest BCUT2D eigenvalue weighted by molar-refractivity contribution is 7.98. The fourth-order valence-electron chi connectivity index (χ4n) is 1.84. The maximum absolute atomic E-state index is 12.0. The van der Waals surface area contributed by atoms with Crippen LogP contribution in [0.25, 0.3) is 10.6 Å². The van der Waals surface area contributed by atoms with E-state index in [0.29, 0.717) is 6.61 Å². The van der Waals surface area contributed by atoms with Crippen LogP contribution in [0.4, 0.5) is 0 Å². The number of carbonyl (C=O) groups excluding carboxylic acids is 1. The average Bonchev–Trinajstić information content (AvgIpc) is 2.98. The van der Waals surface area contributed by atoms with Crippen molar-refractivity contribution in [3.05, 3.63) is 35.3 Å². The summed E-state index contributed by atoms with van der Waals surface area (Å²) in [5, 5.41) is 2.87. The average molecular weight is 321 g/mol. The minimum absolute atomic E-state index is 0.236. The van der Waals surface area contributed by atoms with Crippen molar-refractivity contribution in [3.63, 3.8) is 0 Å². The highest BCUT2D eigenvalue weighted by Crippen LogP contribution is 2.31. The molecule has 0 aliphatic carbocycles. The Hall–Kier alpha value is -1.33. The molecule has 21 heavy (non-hydrogen) atoms. The second kappa shape index (κ2) is 6.62. The lowest BCUT2D eigenvalue weighted by Gasteiger charge is -2.19. The number of hydrogen-bond donors (Lipinski definition) is 0. The molecule has 2 aromatic rings. The number of ether oxygens (including phenoxy) is 1. The van der Waals surface area contributed by atoms with Gasteiger partial charge in [0.1, 0.15) is 10.4 Å². The highest BCUT2D eigenvalue weighted by Gasteiger charge is 2.33. The molecule has 0 aliphatic rings. The Morgan fingerprint density at radius 2 is 2.00 bits per heavy atom. The smallest absolute Gasteiger partial charge is 0.317 e. The lowest BCUT2D eigenvalue weighted by atomic mass is 9.90. The van der Waals surface area contributed by atoms with Gasteiger partial charge in [-0.05, 0) is 39.2 Å². The predicted molar refractivity (Wildman–Crippen MR) is 89.0 cm³/mol. The molecule has 0 saturated heterocycles. The number of thioether (sulfide) groups is 1. The van der Waals surface area contributed by atoms with Gasteiger partial charge in [0.05, 0.1) is 12.3 Å². The number of thiazole rings is 1. The number of rotatable bonds is 5. The van der Waals surface area contributed by atoms with Crippen LogP contribution < -0.4 is 0 Å². The first-order valence-electron chi connectivity index (χ1n) is 6.76. The normalized spacial score (nSPS) is 11.4. The summed E-state index contributed by atoms with van der Waals surface area (Å²) >= 11 is 3.27. The first-order chi connectivity index (χ1) is 9.98. The Labute approximate surface area is 133 Å². The number of hydrogen-bond acceptors (Lipinski definition) is 5. The van der Waals surface area contributed by atoms with Crippen molar-refractivity contribution in [1.82, 2.24) is 4.98 Å². The summed E-state index contributed by atoms with van der Waals surface area (Å²) < 4.78 is 5.13. The van der Waals surface area contributed by atoms with E-state index in [1.54, 1.807) is 23.1 Å². The quantitative estimate of drug-likeness (QED) is 0.605. The first kappa shape index (κ1) is 16.0. The standard InChI is InChI=1S/C16H19NO2S2/c1-5-19-15(18)16(2,3)13-10-21-14(17-13)11-6-8-12(20-4)9-7-11/h6-10H,5H2,1-4H3. The van der Waals surface area contributed by atoms with Gasteiger partial charge in [-0.3, -0.25) is 4.79 Å². The van der Waals surface area contributed by atoms with Crippen LogP contribution in [0.2, 0.25) is 0 Å². The highest BCUT2D eigenvalue weighted by atomic mass is 32.2. The number of carbonyl (C=O) groups is 1. The Kier molecular flexibility index (Phi) is 5.06. The van der Waals surface area contributed by atoms with Crippen LogP contribution in [0.15, 0.2) is 34.5 Å². The van der Waals surface area contributed by atoms with Gasteiger partial charge in [0, 0.05) is 15.8 Å². The van der Waals surface area contributed by atoms with E-state index in [-0.39, 0.29) is 5.97 Å². The maximum atomic E-state index is 12.0. The first-order valence-corrected chi connectivity index (χ1v) is 8.87.